The van der Waals surface area contributed by atoms with E-state index in [0.29, 0.717) is 0 Å². The predicted octanol–water partition coefficient (Wildman–Crippen LogP) is 14.3. The van der Waals surface area contributed by atoms with Crippen molar-refractivity contribution < 1.29 is 14.2 Å². The van der Waals surface area contributed by atoms with Gasteiger partial charge in [-0.1, -0.05) is 129 Å². The van der Waals surface area contributed by atoms with Gasteiger partial charge in [-0.25, -0.2) is 0 Å². The molecule has 0 fully saturated rings. The fraction of sp³-hybridized carbons (Fsp3) is 0.600. The van der Waals surface area contributed by atoms with Crippen LogP contribution in [0.3, 0.4) is 0 Å². The first-order valence-electron chi connectivity index (χ1n) is 19.8. The van der Waals surface area contributed by atoms with E-state index in [1.165, 1.54) is 145 Å². The molecule has 0 N–H and O–H groups in total. The average molecular weight is 655 g/mol. The molecule has 0 aromatic heterocycles. The van der Waals surface area contributed by atoms with Crippen molar-refractivity contribution in [2.45, 2.75) is 157 Å². The minimum absolute atomic E-state index is 0.723. The summed E-state index contributed by atoms with van der Waals surface area (Å²) in [6.45, 7) is 15.7. The summed E-state index contributed by atoms with van der Waals surface area (Å²) in [6, 6.07) is 13.9. The summed E-state index contributed by atoms with van der Waals surface area (Å²) in [5, 5.41) is 7.55. The molecule has 0 heterocycles. The second kappa shape index (κ2) is 20.5. The van der Waals surface area contributed by atoms with Crippen molar-refractivity contribution in [2.75, 3.05) is 19.8 Å². The van der Waals surface area contributed by atoms with E-state index < -0.39 is 0 Å². The van der Waals surface area contributed by atoms with E-state index in [2.05, 4.69) is 77.9 Å². The van der Waals surface area contributed by atoms with Crippen LogP contribution >= 0.6 is 0 Å². The van der Waals surface area contributed by atoms with Crippen LogP contribution in [0.15, 0.2) is 36.4 Å². The maximum absolute atomic E-state index is 6.58. The number of hydrogen-bond acceptors (Lipinski definition) is 3. The SMILES string of the molecule is CCCCCCCCOc1cc2c(cc1C)c1cc(C)c(C)cc1c1cc(OCCCCCCCC)c(OCCCCCCCC)cc21. The van der Waals surface area contributed by atoms with E-state index in [9.17, 15) is 0 Å². The van der Waals surface area contributed by atoms with Crippen LogP contribution < -0.4 is 14.2 Å². The first-order chi connectivity index (χ1) is 23.5. The van der Waals surface area contributed by atoms with Crippen molar-refractivity contribution >= 4 is 32.3 Å². The molecular weight excluding hydrogens is 588 g/mol. The van der Waals surface area contributed by atoms with Crippen molar-refractivity contribution in [3.63, 3.8) is 0 Å². The van der Waals surface area contributed by atoms with Gasteiger partial charge in [-0.05, 0) is 113 Å². The van der Waals surface area contributed by atoms with Gasteiger partial charge in [-0.2, -0.15) is 0 Å². The molecule has 3 nitrogen and oxygen atoms in total. The van der Waals surface area contributed by atoms with E-state index in [-0.39, 0.29) is 0 Å². The molecule has 48 heavy (non-hydrogen) atoms. The zero-order chi connectivity index (χ0) is 34.1. The number of unbranched alkanes of at least 4 members (excludes halogenated alkanes) is 15. The maximum Gasteiger partial charge on any atom is 0.161 e. The lowest BCUT2D eigenvalue weighted by Gasteiger charge is -2.19. The first kappa shape index (κ1) is 37.9. The summed E-state index contributed by atoms with van der Waals surface area (Å²) in [4.78, 5) is 0. The average Bonchev–Trinajstić information content (AvgIpc) is 3.08. The molecule has 3 heteroatoms. The monoisotopic (exact) mass is 655 g/mol. The Kier molecular flexibility index (Phi) is 16.2. The third kappa shape index (κ3) is 10.8. The molecule has 4 aromatic carbocycles. The Morgan fingerprint density at radius 2 is 0.583 bits per heavy atom. The predicted molar refractivity (Wildman–Crippen MR) is 210 cm³/mol. The lowest BCUT2D eigenvalue weighted by molar-refractivity contribution is 0.259. The van der Waals surface area contributed by atoms with Crippen LogP contribution in [0.25, 0.3) is 32.3 Å². The third-order valence-electron chi connectivity index (χ3n) is 10.2. The molecule has 0 saturated carbocycles. The minimum atomic E-state index is 0.723. The topological polar surface area (TPSA) is 27.7 Å². The molecule has 0 atom stereocenters. The van der Waals surface area contributed by atoms with Crippen molar-refractivity contribution in [2.24, 2.45) is 0 Å². The van der Waals surface area contributed by atoms with Gasteiger partial charge >= 0.3 is 0 Å². The standard InChI is InChI=1S/C45H66O3/c1-7-10-13-16-19-22-25-46-43-31-40-39(30-36(43)6)37-28-34(4)35(5)29-38(37)41-32-44(47-26-23-20-17-14-11-8-2)45(33-42(40)41)48-27-24-21-18-15-12-9-3/h28-33H,7-27H2,1-6H3. The second-order valence-electron chi connectivity index (χ2n) is 14.3. The second-order valence-corrected chi connectivity index (χ2v) is 14.3. The number of fused-ring (bicyclic) bond motifs is 6. The number of ether oxygens (including phenoxy) is 3. The molecule has 0 bridgehead atoms. The normalized spacial score (nSPS) is 11.6. The highest BCUT2D eigenvalue weighted by atomic mass is 16.5. The van der Waals surface area contributed by atoms with E-state index in [1.54, 1.807) is 0 Å². The van der Waals surface area contributed by atoms with Crippen LogP contribution in [0, 0.1) is 20.8 Å². The lowest BCUT2D eigenvalue weighted by Crippen LogP contribution is -2.03. The quantitative estimate of drug-likeness (QED) is 0.0556. The number of rotatable bonds is 24. The van der Waals surface area contributed by atoms with Gasteiger partial charge in [0.25, 0.3) is 0 Å². The smallest absolute Gasteiger partial charge is 0.161 e. The highest BCUT2D eigenvalue weighted by molar-refractivity contribution is 6.26. The number of hydrogen-bond donors (Lipinski definition) is 0. The molecule has 264 valence electrons. The fourth-order valence-corrected chi connectivity index (χ4v) is 6.98. The van der Waals surface area contributed by atoms with Crippen LogP contribution in [0.1, 0.15) is 153 Å². The van der Waals surface area contributed by atoms with E-state index >= 15 is 0 Å². The summed E-state index contributed by atoms with van der Waals surface area (Å²) in [5.41, 5.74) is 3.84. The van der Waals surface area contributed by atoms with Crippen LogP contribution in [0.4, 0.5) is 0 Å². The van der Waals surface area contributed by atoms with Gasteiger partial charge in [0.1, 0.15) is 5.75 Å². The van der Waals surface area contributed by atoms with Crippen molar-refractivity contribution in [1.29, 1.82) is 0 Å². The summed E-state index contributed by atoms with van der Waals surface area (Å²) < 4.78 is 19.6. The largest absolute Gasteiger partial charge is 0.493 e. The Morgan fingerprint density at radius 3 is 0.958 bits per heavy atom. The zero-order valence-corrected chi connectivity index (χ0v) is 31.5. The Hall–Kier alpha value is -2.94. The molecule has 0 amide bonds. The first-order valence-corrected chi connectivity index (χ1v) is 19.8. The van der Waals surface area contributed by atoms with E-state index in [1.807, 2.05) is 0 Å². The number of aryl methyl sites for hydroxylation is 3. The van der Waals surface area contributed by atoms with Crippen molar-refractivity contribution in [3.05, 3.63) is 53.1 Å². The molecule has 0 aliphatic rings. The molecule has 0 spiro atoms. The molecule has 0 unspecified atom stereocenters. The molecular formula is C45H66O3. The fourth-order valence-electron chi connectivity index (χ4n) is 6.98. The Bertz CT molecular complexity index is 1530. The van der Waals surface area contributed by atoms with Gasteiger partial charge in [0.05, 0.1) is 19.8 Å². The number of benzene rings is 4. The summed E-state index contributed by atoms with van der Waals surface area (Å²) in [7, 11) is 0. The molecule has 0 aliphatic carbocycles. The molecule has 0 aliphatic heterocycles. The van der Waals surface area contributed by atoms with Gasteiger partial charge in [0, 0.05) is 0 Å². The van der Waals surface area contributed by atoms with Gasteiger partial charge in [-0.15, -0.1) is 0 Å². The van der Waals surface area contributed by atoms with Gasteiger partial charge in [-0.3, -0.25) is 0 Å². The van der Waals surface area contributed by atoms with Gasteiger partial charge in [0.15, 0.2) is 11.5 Å². The maximum atomic E-state index is 6.58. The van der Waals surface area contributed by atoms with Crippen molar-refractivity contribution in [1.82, 2.24) is 0 Å². The summed E-state index contributed by atoms with van der Waals surface area (Å²) in [6.07, 6.45) is 22.6. The Balaban J connectivity index is 1.69. The van der Waals surface area contributed by atoms with Crippen LogP contribution in [-0.4, -0.2) is 19.8 Å². The summed E-state index contributed by atoms with van der Waals surface area (Å²) >= 11 is 0. The Labute approximate surface area is 293 Å². The van der Waals surface area contributed by atoms with E-state index in [4.69, 9.17) is 14.2 Å². The molecule has 0 radical (unpaired) electrons. The lowest BCUT2D eigenvalue weighted by atomic mass is 9.90. The van der Waals surface area contributed by atoms with Crippen LogP contribution in [0.2, 0.25) is 0 Å². The minimum Gasteiger partial charge on any atom is -0.493 e. The summed E-state index contributed by atoms with van der Waals surface area (Å²) in [5.74, 6) is 2.76. The van der Waals surface area contributed by atoms with Crippen LogP contribution in [0.5, 0.6) is 17.2 Å². The van der Waals surface area contributed by atoms with Gasteiger partial charge in [0.2, 0.25) is 0 Å². The Morgan fingerprint density at radius 1 is 0.312 bits per heavy atom. The molecule has 0 saturated heterocycles. The molecule has 4 aromatic rings. The molecule has 4 rings (SSSR count). The highest BCUT2D eigenvalue weighted by Gasteiger charge is 2.17. The van der Waals surface area contributed by atoms with Gasteiger partial charge < -0.3 is 14.2 Å². The van der Waals surface area contributed by atoms with E-state index in [0.717, 1.165) is 56.3 Å². The highest BCUT2D eigenvalue weighted by Crippen LogP contribution is 2.43. The zero-order valence-electron chi connectivity index (χ0n) is 31.5. The van der Waals surface area contributed by atoms with Crippen molar-refractivity contribution in [3.8, 4) is 17.2 Å². The third-order valence-corrected chi connectivity index (χ3v) is 10.2. The van der Waals surface area contributed by atoms with Crippen LogP contribution in [-0.2, 0) is 0 Å².